The van der Waals surface area contributed by atoms with Crippen LogP contribution in [0.3, 0.4) is 0 Å². The Labute approximate surface area is 260 Å². The number of amidine groups is 2. The second-order valence-corrected chi connectivity index (χ2v) is 11.9. The molecule has 0 bridgehead atoms. The fourth-order valence-electron chi connectivity index (χ4n) is 5.60. The standard InChI is InChI=1S/C33H34N6O4S/c1-3-28(32(42)34-22-10-9-13-24(20-22)43-2)44-33-35-26-15-8-7-14-25(26)30-36-31(41)27(39(30)33)21-29(40)38-18-16-37(17-19-38)23-11-5-4-6-12-23/h4-15,20,27-28H,3,16-19,21H2,1-2H3,(H,34,42). The van der Waals surface area contributed by atoms with Crippen molar-refractivity contribution in [2.24, 2.45) is 9.98 Å². The number of aliphatic imine (C=N–C) groups is 2. The number of piperazine rings is 1. The Bertz CT molecular complexity index is 1620. The molecule has 0 aromatic heterocycles. The third-order valence-corrected chi connectivity index (χ3v) is 9.31. The van der Waals surface area contributed by atoms with Crippen LogP contribution in [0.15, 0.2) is 88.8 Å². The molecule has 0 radical (unpaired) electrons. The smallest absolute Gasteiger partial charge is 0.271 e. The van der Waals surface area contributed by atoms with Gasteiger partial charge in [0.05, 0.1) is 24.5 Å². The number of benzene rings is 3. The molecule has 0 aliphatic carbocycles. The summed E-state index contributed by atoms with van der Waals surface area (Å²) in [5, 5.41) is 2.94. The number of nitrogens with zero attached hydrogens (tertiary/aromatic N) is 5. The van der Waals surface area contributed by atoms with Crippen molar-refractivity contribution in [3.05, 3.63) is 84.4 Å². The fraction of sp³-hybridized carbons (Fsp3) is 0.303. The number of nitrogens with one attached hydrogen (secondary N) is 1. The number of hydrogen-bond acceptors (Lipinski definition) is 8. The van der Waals surface area contributed by atoms with Crippen molar-refractivity contribution in [3.8, 4) is 5.75 Å². The molecule has 3 heterocycles. The van der Waals surface area contributed by atoms with E-state index in [9.17, 15) is 14.4 Å². The molecule has 3 aromatic carbocycles. The Morgan fingerprint density at radius 2 is 1.73 bits per heavy atom. The first-order valence-electron chi connectivity index (χ1n) is 14.7. The average molecular weight is 611 g/mol. The molecule has 44 heavy (non-hydrogen) atoms. The number of ether oxygens (including phenoxy) is 1. The molecule has 1 fully saturated rings. The first-order valence-corrected chi connectivity index (χ1v) is 15.6. The summed E-state index contributed by atoms with van der Waals surface area (Å²) in [5.74, 6) is 0.439. The van der Waals surface area contributed by atoms with Gasteiger partial charge in [-0.1, -0.05) is 55.1 Å². The number of carbonyl (C=O) groups is 3. The van der Waals surface area contributed by atoms with Crippen molar-refractivity contribution in [1.82, 2.24) is 9.80 Å². The van der Waals surface area contributed by atoms with Crippen molar-refractivity contribution in [2.75, 3.05) is 43.5 Å². The van der Waals surface area contributed by atoms with Crippen molar-refractivity contribution in [1.29, 1.82) is 0 Å². The van der Waals surface area contributed by atoms with Crippen LogP contribution >= 0.6 is 11.8 Å². The lowest BCUT2D eigenvalue weighted by atomic mass is 10.1. The number of methoxy groups -OCH3 is 1. The molecular weight excluding hydrogens is 576 g/mol. The Kier molecular flexibility index (Phi) is 8.65. The van der Waals surface area contributed by atoms with Crippen LogP contribution in [-0.2, 0) is 14.4 Å². The minimum Gasteiger partial charge on any atom is -0.497 e. The van der Waals surface area contributed by atoms with Gasteiger partial charge in [0.1, 0.15) is 17.6 Å². The number of para-hydroxylation sites is 2. The molecule has 226 valence electrons. The zero-order valence-corrected chi connectivity index (χ0v) is 25.5. The van der Waals surface area contributed by atoms with Gasteiger partial charge in [-0.3, -0.25) is 19.3 Å². The fourth-order valence-corrected chi connectivity index (χ4v) is 6.67. The van der Waals surface area contributed by atoms with Gasteiger partial charge in [0.15, 0.2) is 5.17 Å². The van der Waals surface area contributed by atoms with Crippen LogP contribution in [0.25, 0.3) is 0 Å². The Morgan fingerprint density at radius 3 is 2.48 bits per heavy atom. The van der Waals surface area contributed by atoms with Crippen LogP contribution in [-0.4, -0.2) is 83.1 Å². The van der Waals surface area contributed by atoms with Gasteiger partial charge < -0.3 is 19.9 Å². The minimum atomic E-state index is -0.830. The summed E-state index contributed by atoms with van der Waals surface area (Å²) in [4.78, 5) is 55.5. The number of fused-ring (bicyclic) bond motifs is 3. The molecule has 3 aliphatic heterocycles. The minimum absolute atomic E-state index is 0.0221. The van der Waals surface area contributed by atoms with E-state index in [1.165, 1.54) is 11.8 Å². The van der Waals surface area contributed by atoms with Crippen LogP contribution in [0.2, 0.25) is 0 Å². The molecule has 0 spiro atoms. The SMILES string of the molecule is CCC(SC1=Nc2ccccc2C2=NC(=O)C(CC(=O)N3CCN(c4ccccc4)CC3)N12)C(=O)Nc1cccc(OC)c1. The number of thioether (sulfide) groups is 1. The lowest BCUT2D eigenvalue weighted by Crippen LogP contribution is -2.51. The van der Waals surface area contributed by atoms with Crippen molar-refractivity contribution in [3.63, 3.8) is 0 Å². The number of rotatable bonds is 8. The molecule has 1 N–H and O–H groups in total. The summed E-state index contributed by atoms with van der Waals surface area (Å²) in [6.07, 6.45) is 0.496. The Balaban J connectivity index is 1.19. The van der Waals surface area contributed by atoms with E-state index in [0.717, 1.165) is 24.3 Å². The van der Waals surface area contributed by atoms with Crippen LogP contribution in [0.5, 0.6) is 5.75 Å². The summed E-state index contributed by atoms with van der Waals surface area (Å²) in [6.45, 7) is 4.51. The predicted octanol–water partition coefficient (Wildman–Crippen LogP) is 4.54. The summed E-state index contributed by atoms with van der Waals surface area (Å²) >= 11 is 1.28. The third kappa shape index (κ3) is 6.05. The van der Waals surface area contributed by atoms with Gasteiger partial charge >= 0.3 is 0 Å². The van der Waals surface area contributed by atoms with E-state index in [2.05, 4.69) is 27.3 Å². The highest BCUT2D eigenvalue weighted by Gasteiger charge is 2.44. The highest BCUT2D eigenvalue weighted by molar-refractivity contribution is 8.15. The third-order valence-electron chi connectivity index (χ3n) is 7.98. The van der Waals surface area contributed by atoms with Crippen LogP contribution < -0.4 is 15.0 Å². The lowest BCUT2D eigenvalue weighted by molar-refractivity contribution is -0.134. The van der Waals surface area contributed by atoms with E-state index in [4.69, 9.17) is 9.73 Å². The van der Waals surface area contributed by atoms with Crippen molar-refractivity contribution < 1.29 is 19.1 Å². The molecule has 3 amide bonds. The second-order valence-electron chi connectivity index (χ2n) is 10.7. The van der Waals surface area contributed by atoms with Gasteiger partial charge in [0, 0.05) is 49.2 Å². The van der Waals surface area contributed by atoms with Crippen LogP contribution in [0.4, 0.5) is 17.1 Å². The number of anilines is 2. The van der Waals surface area contributed by atoms with Gasteiger partial charge in [-0.25, -0.2) is 4.99 Å². The first kappa shape index (κ1) is 29.4. The molecule has 11 heteroatoms. The number of carbonyl (C=O) groups excluding carboxylic acids is 3. The van der Waals surface area contributed by atoms with E-state index < -0.39 is 11.3 Å². The maximum atomic E-state index is 13.6. The zero-order valence-electron chi connectivity index (χ0n) is 24.7. The normalized spacial score (nSPS) is 18.2. The highest BCUT2D eigenvalue weighted by atomic mass is 32.2. The van der Waals surface area contributed by atoms with Crippen LogP contribution in [0.1, 0.15) is 25.3 Å². The van der Waals surface area contributed by atoms with E-state index in [-0.39, 0.29) is 24.1 Å². The zero-order chi connectivity index (χ0) is 30.6. The van der Waals surface area contributed by atoms with Gasteiger partial charge in [-0.05, 0) is 42.8 Å². The Morgan fingerprint density at radius 1 is 0.977 bits per heavy atom. The molecule has 1 saturated heterocycles. The van der Waals surface area contributed by atoms with Gasteiger partial charge in [0.25, 0.3) is 5.91 Å². The van der Waals surface area contributed by atoms with E-state index in [0.29, 0.717) is 47.6 Å². The summed E-state index contributed by atoms with van der Waals surface area (Å²) in [7, 11) is 1.58. The number of amides is 3. The predicted molar refractivity (Wildman–Crippen MR) is 174 cm³/mol. The molecular formula is C33H34N6O4S. The topological polar surface area (TPSA) is 107 Å². The van der Waals surface area contributed by atoms with E-state index >= 15 is 0 Å². The van der Waals surface area contributed by atoms with Crippen molar-refractivity contribution in [2.45, 2.75) is 31.1 Å². The van der Waals surface area contributed by atoms with Gasteiger partial charge in [-0.15, -0.1) is 0 Å². The van der Waals surface area contributed by atoms with E-state index in [1.54, 1.807) is 24.1 Å². The molecule has 2 atom stereocenters. The molecule has 3 aromatic rings. The van der Waals surface area contributed by atoms with E-state index in [1.807, 2.05) is 66.4 Å². The van der Waals surface area contributed by atoms with Gasteiger partial charge in [-0.2, -0.15) is 4.99 Å². The summed E-state index contributed by atoms with van der Waals surface area (Å²) in [5.41, 5.74) is 3.16. The maximum Gasteiger partial charge on any atom is 0.271 e. The summed E-state index contributed by atoms with van der Waals surface area (Å²) in [6, 6.07) is 24.0. The first-order chi connectivity index (χ1) is 21.4. The number of hydrogen-bond donors (Lipinski definition) is 1. The second kappa shape index (κ2) is 12.9. The summed E-state index contributed by atoms with van der Waals surface area (Å²) < 4.78 is 5.29. The maximum absolute atomic E-state index is 13.6. The van der Waals surface area contributed by atoms with Gasteiger partial charge in [0.2, 0.25) is 11.8 Å². The molecule has 3 aliphatic rings. The average Bonchev–Trinajstić information content (AvgIpc) is 3.39. The molecule has 0 saturated carbocycles. The monoisotopic (exact) mass is 610 g/mol. The molecule has 6 rings (SSSR count). The molecule has 10 nitrogen and oxygen atoms in total. The highest BCUT2D eigenvalue weighted by Crippen LogP contribution is 2.37. The van der Waals surface area contributed by atoms with Crippen LogP contribution in [0, 0.1) is 0 Å². The lowest BCUT2D eigenvalue weighted by Gasteiger charge is -2.37. The largest absolute Gasteiger partial charge is 0.497 e. The Hall–Kier alpha value is -4.64. The van der Waals surface area contributed by atoms with Crippen molar-refractivity contribution >= 4 is 57.5 Å². The quantitative estimate of drug-likeness (QED) is 0.399. The molecule has 2 unspecified atom stereocenters.